The lowest BCUT2D eigenvalue weighted by molar-refractivity contribution is 0.421. The van der Waals surface area contributed by atoms with E-state index in [2.05, 4.69) is 80.3 Å². The highest BCUT2D eigenvalue weighted by Crippen LogP contribution is 2.35. The molecule has 2 aliphatic heterocycles. The Morgan fingerprint density at radius 1 is 1.06 bits per heavy atom. The van der Waals surface area contributed by atoms with E-state index in [0.717, 1.165) is 74.0 Å². The molecule has 0 fully saturated rings. The van der Waals surface area contributed by atoms with Crippen molar-refractivity contribution in [3.8, 4) is 5.75 Å². The van der Waals surface area contributed by atoms with Gasteiger partial charge in [-0.1, -0.05) is 106 Å². The van der Waals surface area contributed by atoms with Gasteiger partial charge >= 0.3 is 0 Å². The van der Waals surface area contributed by atoms with Gasteiger partial charge in [-0.05, 0) is 80.2 Å². The van der Waals surface area contributed by atoms with Gasteiger partial charge in [-0.15, -0.1) is 0 Å². The van der Waals surface area contributed by atoms with E-state index < -0.39 is 0 Å². The first kappa shape index (κ1) is 35.6. The molecule has 5 nitrogen and oxygen atoms in total. The van der Waals surface area contributed by atoms with Gasteiger partial charge in [0.2, 0.25) is 0 Å². The lowest BCUT2D eigenvalue weighted by Crippen LogP contribution is -2.12. The maximum absolute atomic E-state index is 9.01. The molecule has 2 unspecified atom stereocenters. The molecule has 2 atom stereocenters. The molecule has 50 heavy (non-hydrogen) atoms. The Morgan fingerprint density at radius 3 is 2.68 bits per heavy atom. The van der Waals surface area contributed by atoms with Gasteiger partial charge in [0, 0.05) is 46.1 Å². The largest absolute Gasteiger partial charge is 0.462 e. The number of hydrogen-bond acceptors (Lipinski definition) is 5. The Labute approximate surface area is 297 Å². The van der Waals surface area contributed by atoms with Crippen LogP contribution in [0.1, 0.15) is 86.0 Å². The zero-order chi connectivity index (χ0) is 35.6. The van der Waals surface area contributed by atoms with E-state index in [9.17, 15) is 0 Å². The van der Waals surface area contributed by atoms with E-state index in [1.165, 1.54) is 5.57 Å². The van der Waals surface area contributed by atoms with E-state index in [1.54, 1.807) is 18.3 Å². The summed E-state index contributed by atoms with van der Waals surface area (Å²) >= 11 is 0. The van der Waals surface area contributed by atoms with Crippen LogP contribution >= 0.6 is 0 Å². The Balaban J connectivity index is 1.47. The van der Waals surface area contributed by atoms with Crippen LogP contribution in [0.5, 0.6) is 5.75 Å². The lowest BCUT2D eigenvalue weighted by atomic mass is 9.88. The Bertz CT molecular complexity index is 2050. The van der Waals surface area contributed by atoms with Gasteiger partial charge in [0.15, 0.2) is 0 Å². The van der Waals surface area contributed by atoms with Crippen LogP contribution in [0.4, 0.5) is 0 Å². The Kier molecular flexibility index (Phi) is 11.8. The summed E-state index contributed by atoms with van der Waals surface area (Å²) < 4.78 is 6.40. The second-order valence-electron chi connectivity index (χ2n) is 12.6. The standard InChI is InChI=1S/C45H46N4O/c1-8-10-17-33(6)50-41-21-15-20-39-42(41)32(5)16-12-11-13-26-47-44(39)36-19-14-18-35(29-36)31(4)22-23-40(46)38-25-28-49-45(37(38)9-2)43-34(7)30(3)24-27-48-43/h8-23,25,27-30,32,46H,2,4,24,26H2,1,3,5-7H3/b10-8-,13-11-,16-12-,23-22-,33-17+,46-40?,47-44?. The molecule has 1 aromatic heterocycles. The third-order valence-corrected chi connectivity index (χ3v) is 9.03. The van der Waals surface area contributed by atoms with Crippen molar-refractivity contribution in [2.75, 3.05) is 6.54 Å². The minimum Gasteiger partial charge on any atom is -0.462 e. The van der Waals surface area contributed by atoms with Crippen LogP contribution in [-0.4, -0.2) is 29.2 Å². The van der Waals surface area contributed by atoms with Gasteiger partial charge in [-0.25, -0.2) is 0 Å². The summed E-state index contributed by atoms with van der Waals surface area (Å²) in [5.74, 6) is 2.10. The van der Waals surface area contributed by atoms with Crippen molar-refractivity contribution in [1.82, 2.24) is 4.98 Å². The fraction of sp³-hybridized carbons (Fsp3) is 0.200. The average molecular weight is 659 g/mol. The molecule has 3 aromatic rings. The second-order valence-corrected chi connectivity index (χ2v) is 12.6. The third-order valence-electron chi connectivity index (χ3n) is 9.03. The maximum Gasteiger partial charge on any atom is 0.131 e. The fourth-order valence-corrected chi connectivity index (χ4v) is 6.09. The second kappa shape index (κ2) is 16.6. The number of hydrogen-bond donors (Lipinski definition) is 1. The molecule has 1 N–H and O–H groups in total. The normalized spacial score (nSPS) is 19.2. The fourth-order valence-electron chi connectivity index (χ4n) is 6.09. The van der Waals surface area contributed by atoms with Crippen molar-refractivity contribution >= 4 is 35.0 Å². The number of benzene rings is 2. The van der Waals surface area contributed by atoms with Crippen molar-refractivity contribution in [2.24, 2.45) is 15.9 Å². The van der Waals surface area contributed by atoms with Crippen LogP contribution in [0, 0.1) is 11.3 Å². The van der Waals surface area contributed by atoms with Gasteiger partial charge in [0.1, 0.15) is 11.5 Å². The number of nitrogens with zero attached hydrogens (tertiary/aromatic N) is 3. The SMILES string of the molecule is C=Cc1c(C(=N)/C=C\C(=C)c2cccc(C3=NC/C=C\C=C/C(C)c4c(O/C(C)=C/C=C\C)cccc43)c2)ccnc1C1=C(C)C(C)CC=N1. The number of rotatable bonds is 10. The molecule has 0 saturated carbocycles. The number of aliphatic imine (C=N–C) groups is 2. The summed E-state index contributed by atoms with van der Waals surface area (Å²) in [4.78, 5) is 14.4. The van der Waals surface area contributed by atoms with E-state index in [0.29, 0.717) is 18.2 Å². The van der Waals surface area contributed by atoms with Crippen LogP contribution in [0.15, 0.2) is 144 Å². The van der Waals surface area contributed by atoms with Crippen molar-refractivity contribution in [3.05, 3.63) is 173 Å². The molecule has 5 rings (SSSR count). The quantitative estimate of drug-likeness (QED) is 0.134. The Hall–Kier alpha value is -5.68. The first-order valence-corrected chi connectivity index (χ1v) is 17.1. The van der Waals surface area contributed by atoms with Crippen molar-refractivity contribution in [1.29, 1.82) is 5.41 Å². The van der Waals surface area contributed by atoms with Gasteiger partial charge < -0.3 is 10.1 Å². The van der Waals surface area contributed by atoms with Crippen molar-refractivity contribution in [2.45, 2.75) is 47.0 Å². The smallest absolute Gasteiger partial charge is 0.131 e. The average Bonchev–Trinajstić information content (AvgIpc) is 3.13. The predicted molar refractivity (Wildman–Crippen MR) is 213 cm³/mol. The third kappa shape index (κ3) is 8.12. The number of aromatic nitrogens is 1. The molecular weight excluding hydrogens is 613 g/mol. The zero-order valence-corrected chi connectivity index (χ0v) is 29.8. The number of ether oxygens (including phenoxy) is 1. The molecule has 5 heteroatoms. The molecular formula is C45H46N4O. The number of allylic oxidation sites excluding steroid dienone is 11. The van der Waals surface area contributed by atoms with Gasteiger partial charge in [-0.3, -0.25) is 15.0 Å². The van der Waals surface area contributed by atoms with E-state index in [4.69, 9.17) is 15.1 Å². The summed E-state index contributed by atoms with van der Waals surface area (Å²) in [5, 5.41) is 9.01. The first-order chi connectivity index (χ1) is 24.2. The van der Waals surface area contributed by atoms with Crippen LogP contribution < -0.4 is 4.74 Å². The number of fused-ring (bicyclic) bond motifs is 1. The number of nitrogens with one attached hydrogen (secondary N) is 1. The topological polar surface area (TPSA) is 70.7 Å². The minimum atomic E-state index is 0.0819. The predicted octanol–water partition coefficient (Wildman–Crippen LogP) is 11.1. The molecule has 0 spiro atoms. The van der Waals surface area contributed by atoms with Crippen LogP contribution in [0.3, 0.4) is 0 Å². The minimum absolute atomic E-state index is 0.0819. The van der Waals surface area contributed by atoms with Gasteiger partial charge in [0.25, 0.3) is 0 Å². The van der Waals surface area contributed by atoms with Gasteiger partial charge in [-0.2, -0.15) is 0 Å². The van der Waals surface area contributed by atoms with Crippen molar-refractivity contribution in [3.63, 3.8) is 0 Å². The molecule has 0 bridgehead atoms. The lowest BCUT2D eigenvalue weighted by Gasteiger charge is -2.21. The molecule has 252 valence electrons. The molecule has 0 amide bonds. The molecule has 3 heterocycles. The highest BCUT2D eigenvalue weighted by atomic mass is 16.5. The molecule has 0 radical (unpaired) electrons. The Morgan fingerprint density at radius 2 is 1.88 bits per heavy atom. The molecule has 0 saturated heterocycles. The molecule has 2 aromatic carbocycles. The maximum atomic E-state index is 9.01. The van der Waals surface area contributed by atoms with Crippen LogP contribution in [0.2, 0.25) is 0 Å². The molecule has 2 aliphatic rings. The van der Waals surface area contributed by atoms with E-state index in [1.807, 2.05) is 80.8 Å². The first-order valence-electron chi connectivity index (χ1n) is 17.1. The summed E-state index contributed by atoms with van der Waals surface area (Å²) in [6.45, 7) is 19.4. The van der Waals surface area contributed by atoms with Crippen molar-refractivity contribution < 1.29 is 4.74 Å². The van der Waals surface area contributed by atoms with E-state index in [-0.39, 0.29) is 5.92 Å². The summed E-state index contributed by atoms with van der Waals surface area (Å²) in [6.07, 6.45) is 24.4. The summed E-state index contributed by atoms with van der Waals surface area (Å²) in [6, 6.07) is 16.3. The van der Waals surface area contributed by atoms with Crippen LogP contribution in [-0.2, 0) is 0 Å². The zero-order valence-electron chi connectivity index (χ0n) is 29.8. The van der Waals surface area contributed by atoms with E-state index >= 15 is 0 Å². The molecule has 0 aliphatic carbocycles. The van der Waals surface area contributed by atoms with Gasteiger partial charge in [0.05, 0.1) is 29.4 Å². The highest BCUT2D eigenvalue weighted by molar-refractivity contribution is 6.15. The summed E-state index contributed by atoms with van der Waals surface area (Å²) in [5.41, 5.74) is 10.4. The van der Waals surface area contributed by atoms with Crippen LogP contribution in [0.25, 0.3) is 17.3 Å². The monoisotopic (exact) mass is 658 g/mol. The number of pyridine rings is 1. The highest BCUT2D eigenvalue weighted by Gasteiger charge is 2.22. The summed E-state index contributed by atoms with van der Waals surface area (Å²) in [7, 11) is 0.